The molecule has 0 aromatic rings. The van der Waals surface area contributed by atoms with Crippen LogP contribution in [-0.4, -0.2) is 42.9 Å². The molecule has 2 saturated carbocycles. The van der Waals surface area contributed by atoms with Gasteiger partial charge in [0.25, 0.3) is 0 Å². The molecule has 5 nitrogen and oxygen atoms in total. The van der Waals surface area contributed by atoms with E-state index in [9.17, 15) is 9.90 Å². The van der Waals surface area contributed by atoms with Crippen LogP contribution in [0.25, 0.3) is 0 Å². The summed E-state index contributed by atoms with van der Waals surface area (Å²) in [4.78, 5) is 12.4. The molecule has 140 valence electrons. The lowest BCUT2D eigenvalue weighted by molar-refractivity contribution is 0.0116. The normalized spacial score (nSPS) is 29.9. The Hall–Kier alpha value is -0.520. The van der Waals surface area contributed by atoms with Crippen molar-refractivity contribution < 1.29 is 9.90 Å². The number of rotatable bonds is 5. The lowest BCUT2D eigenvalue weighted by atomic mass is 9.71. The van der Waals surface area contributed by atoms with E-state index in [4.69, 9.17) is 0 Å². The summed E-state index contributed by atoms with van der Waals surface area (Å²) in [7, 11) is 0. The van der Waals surface area contributed by atoms with Crippen LogP contribution in [0.5, 0.6) is 0 Å². The first kappa shape index (κ1) is 19.8. The molecule has 1 unspecified atom stereocenters. The highest BCUT2D eigenvalue weighted by atomic mass is 35.5. The van der Waals surface area contributed by atoms with Crippen LogP contribution in [0.3, 0.4) is 0 Å². The number of halogens is 1. The van der Waals surface area contributed by atoms with E-state index in [0.717, 1.165) is 45.3 Å². The van der Waals surface area contributed by atoms with Crippen molar-refractivity contribution in [2.45, 2.75) is 69.9 Å². The molecule has 1 heterocycles. The lowest BCUT2D eigenvalue weighted by Crippen LogP contribution is -2.55. The molecule has 3 aliphatic rings. The molecule has 4 N–H and O–H groups in total. The molecule has 2 aliphatic carbocycles. The topological polar surface area (TPSA) is 73.4 Å². The van der Waals surface area contributed by atoms with E-state index < -0.39 is 0 Å². The highest BCUT2D eigenvalue weighted by molar-refractivity contribution is 5.85. The second kappa shape index (κ2) is 9.83. The standard InChI is InChI=1S/C18H33N3O2.ClH/c22-16-10-15(11-16)17(14-6-8-19-9-7-14)21-18(23)20-12-13-4-2-1-3-5-13;/h13-17,19,22H,1-12H2,(H2,20,21,23);1H. The number of hydrogen-bond acceptors (Lipinski definition) is 3. The second-order valence-electron chi connectivity index (χ2n) is 7.86. The van der Waals surface area contributed by atoms with E-state index in [-0.39, 0.29) is 30.6 Å². The number of hydrogen-bond donors (Lipinski definition) is 4. The first-order valence-corrected chi connectivity index (χ1v) is 9.65. The van der Waals surface area contributed by atoms with Crippen molar-refractivity contribution in [3.05, 3.63) is 0 Å². The maximum Gasteiger partial charge on any atom is 0.315 e. The van der Waals surface area contributed by atoms with E-state index in [1.54, 1.807) is 0 Å². The number of carbonyl (C=O) groups excluding carboxylic acids is 1. The average molecular weight is 360 g/mol. The number of carbonyl (C=O) groups is 1. The van der Waals surface area contributed by atoms with Crippen molar-refractivity contribution in [3.63, 3.8) is 0 Å². The predicted octanol–water partition coefficient (Wildman–Crippen LogP) is 2.43. The second-order valence-corrected chi connectivity index (χ2v) is 7.86. The zero-order valence-corrected chi connectivity index (χ0v) is 15.5. The number of aliphatic hydroxyl groups excluding tert-OH is 1. The number of aliphatic hydroxyl groups is 1. The SMILES string of the molecule is Cl.O=C(NCC1CCCCC1)NC(C1CCNCC1)C1CC(O)C1. The molecule has 1 saturated heterocycles. The van der Waals surface area contributed by atoms with Gasteiger partial charge in [-0.25, -0.2) is 4.79 Å². The number of piperidine rings is 1. The van der Waals surface area contributed by atoms with Crippen LogP contribution < -0.4 is 16.0 Å². The van der Waals surface area contributed by atoms with Crippen molar-refractivity contribution >= 4 is 18.4 Å². The number of nitrogens with one attached hydrogen (secondary N) is 3. The lowest BCUT2D eigenvalue weighted by Gasteiger charge is -2.43. The molecule has 3 rings (SSSR count). The minimum Gasteiger partial charge on any atom is -0.393 e. The van der Waals surface area contributed by atoms with Crippen molar-refractivity contribution in [1.29, 1.82) is 0 Å². The Morgan fingerprint density at radius 3 is 2.33 bits per heavy atom. The van der Waals surface area contributed by atoms with Gasteiger partial charge in [-0.05, 0) is 69.4 Å². The summed E-state index contributed by atoms with van der Waals surface area (Å²) in [5, 5.41) is 19.4. The molecule has 0 aromatic carbocycles. The van der Waals surface area contributed by atoms with Crippen LogP contribution in [0.15, 0.2) is 0 Å². The molecule has 2 amide bonds. The van der Waals surface area contributed by atoms with Gasteiger partial charge in [0.2, 0.25) is 0 Å². The molecular weight excluding hydrogens is 326 g/mol. The largest absolute Gasteiger partial charge is 0.393 e. The van der Waals surface area contributed by atoms with E-state index in [2.05, 4.69) is 16.0 Å². The van der Waals surface area contributed by atoms with Crippen molar-refractivity contribution in [1.82, 2.24) is 16.0 Å². The summed E-state index contributed by atoms with van der Waals surface area (Å²) in [6.45, 7) is 2.90. The Morgan fingerprint density at radius 1 is 1.04 bits per heavy atom. The Morgan fingerprint density at radius 2 is 1.71 bits per heavy atom. The van der Waals surface area contributed by atoms with Gasteiger partial charge in [0.1, 0.15) is 0 Å². The fourth-order valence-corrected chi connectivity index (χ4v) is 4.58. The summed E-state index contributed by atoms with van der Waals surface area (Å²) >= 11 is 0. The molecule has 0 spiro atoms. The van der Waals surface area contributed by atoms with Crippen LogP contribution in [0, 0.1) is 17.8 Å². The third-order valence-electron chi connectivity index (χ3n) is 6.12. The Kier molecular flexibility index (Phi) is 8.11. The number of amides is 2. The molecule has 1 aliphatic heterocycles. The molecule has 3 fully saturated rings. The quantitative estimate of drug-likeness (QED) is 0.609. The molecule has 0 aromatic heterocycles. The Balaban J connectivity index is 0.00000208. The van der Waals surface area contributed by atoms with Gasteiger partial charge >= 0.3 is 6.03 Å². The van der Waals surface area contributed by atoms with Gasteiger partial charge in [0.15, 0.2) is 0 Å². The summed E-state index contributed by atoms with van der Waals surface area (Å²) in [5.41, 5.74) is 0. The summed E-state index contributed by atoms with van der Waals surface area (Å²) in [6.07, 6.45) is 10.3. The zero-order chi connectivity index (χ0) is 16.1. The maximum absolute atomic E-state index is 12.4. The van der Waals surface area contributed by atoms with Crippen LogP contribution in [0.4, 0.5) is 4.79 Å². The first-order valence-electron chi connectivity index (χ1n) is 9.65. The van der Waals surface area contributed by atoms with Gasteiger partial charge < -0.3 is 21.1 Å². The van der Waals surface area contributed by atoms with Gasteiger partial charge in [-0.3, -0.25) is 0 Å². The minimum atomic E-state index is -0.156. The monoisotopic (exact) mass is 359 g/mol. The van der Waals surface area contributed by atoms with E-state index >= 15 is 0 Å². The summed E-state index contributed by atoms with van der Waals surface area (Å²) < 4.78 is 0. The van der Waals surface area contributed by atoms with Crippen molar-refractivity contribution in [2.75, 3.05) is 19.6 Å². The van der Waals surface area contributed by atoms with Gasteiger partial charge in [0.05, 0.1) is 6.10 Å². The predicted molar refractivity (Wildman–Crippen MR) is 98.5 cm³/mol. The average Bonchev–Trinajstić information content (AvgIpc) is 2.57. The molecular formula is C18H34ClN3O2. The van der Waals surface area contributed by atoms with Crippen LogP contribution in [0.1, 0.15) is 57.8 Å². The van der Waals surface area contributed by atoms with Gasteiger partial charge in [0, 0.05) is 12.6 Å². The molecule has 0 bridgehead atoms. The molecule has 24 heavy (non-hydrogen) atoms. The summed E-state index contributed by atoms with van der Waals surface area (Å²) in [6, 6.07) is 0.229. The number of urea groups is 1. The molecule has 1 atom stereocenters. The van der Waals surface area contributed by atoms with E-state index in [0.29, 0.717) is 17.8 Å². The maximum atomic E-state index is 12.4. The van der Waals surface area contributed by atoms with Crippen LogP contribution in [0.2, 0.25) is 0 Å². The van der Waals surface area contributed by atoms with Gasteiger partial charge in [-0.15, -0.1) is 12.4 Å². The van der Waals surface area contributed by atoms with Crippen molar-refractivity contribution in [2.24, 2.45) is 17.8 Å². The highest BCUT2D eigenvalue weighted by Gasteiger charge is 2.39. The Labute approximate surface area is 152 Å². The Bertz CT molecular complexity index is 378. The fraction of sp³-hybridized carbons (Fsp3) is 0.944. The third kappa shape index (κ3) is 5.50. The highest BCUT2D eigenvalue weighted by Crippen LogP contribution is 2.35. The van der Waals surface area contributed by atoms with Gasteiger partial charge in [-0.2, -0.15) is 0 Å². The van der Waals surface area contributed by atoms with Crippen LogP contribution >= 0.6 is 12.4 Å². The molecule has 0 radical (unpaired) electrons. The van der Waals surface area contributed by atoms with Gasteiger partial charge in [-0.1, -0.05) is 19.3 Å². The molecule has 6 heteroatoms. The smallest absolute Gasteiger partial charge is 0.315 e. The zero-order valence-electron chi connectivity index (χ0n) is 14.6. The summed E-state index contributed by atoms with van der Waals surface area (Å²) in [5.74, 6) is 1.67. The van der Waals surface area contributed by atoms with E-state index in [1.165, 1.54) is 32.1 Å². The first-order chi connectivity index (χ1) is 11.2. The van der Waals surface area contributed by atoms with Crippen LogP contribution in [-0.2, 0) is 0 Å². The van der Waals surface area contributed by atoms with E-state index in [1.807, 2.05) is 0 Å². The third-order valence-corrected chi connectivity index (χ3v) is 6.12. The minimum absolute atomic E-state index is 0. The fourth-order valence-electron chi connectivity index (χ4n) is 4.58. The van der Waals surface area contributed by atoms with Crippen molar-refractivity contribution in [3.8, 4) is 0 Å².